The maximum Gasteiger partial charge on any atom is 0.339 e. The van der Waals surface area contributed by atoms with Crippen LogP contribution in [0, 0.1) is 10.1 Å². The minimum absolute atomic E-state index is 0.0757. The molecule has 1 atom stereocenters. The van der Waals surface area contributed by atoms with Crippen LogP contribution in [0.25, 0.3) is 0 Å². The number of anilines is 2. The zero-order valence-corrected chi connectivity index (χ0v) is 17.4. The maximum absolute atomic E-state index is 12.8. The third kappa shape index (κ3) is 5.78. The lowest BCUT2D eigenvalue weighted by atomic mass is 10.1. The van der Waals surface area contributed by atoms with Gasteiger partial charge in [-0.1, -0.05) is 24.3 Å². The number of para-hydroxylation sites is 1. The normalized spacial score (nSPS) is 12.0. The van der Waals surface area contributed by atoms with Crippen molar-refractivity contribution in [1.82, 2.24) is 0 Å². The summed E-state index contributed by atoms with van der Waals surface area (Å²) in [6.07, 6.45) is 0. The van der Waals surface area contributed by atoms with Gasteiger partial charge in [0, 0.05) is 35.3 Å². The summed E-state index contributed by atoms with van der Waals surface area (Å²) in [5, 5.41) is 14.4. The molecule has 0 aliphatic heterocycles. The van der Waals surface area contributed by atoms with Gasteiger partial charge in [0.15, 0.2) is 0 Å². The third-order valence-corrected chi connectivity index (χ3v) is 5.81. The van der Waals surface area contributed by atoms with E-state index < -0.39 is 26.3 Å². The van der Waals surface area contributed by atoms with E-state index >= 15 is 0 Å². The molecule has 0 amide bonds. The van der Waals surface area contributed by atoms with Crippen LogP contribution in [0.15, 0.2) is 77.7 Å². The van der Waals surface area contributed by atoms with Crippen molar-refractivity contribution in [2.24, 2.45) is 0 Å². The van der Waals surface area contributed by atoms with Crippen molar-refractivity contribution in [1.29, 1.82) is 0 Å². The Morgan fingerprint density at radius 3 is 2.19 bits per heavy atom. The molecule has 0 aliphatic carbocycles. The van der Waals surface area contributed by atoms with E-state index in [2.05, 4.69) is 10.0 Å². The summed E-state index contributed by atoms with van der Waals surface area (Å²) < 4.78 is 54.3. The van der Waals surface area contributed by atoms with Crippen LogP contribution in [-0.4, -0.2) is 22.1 Å². The van der Waals surface area contributed by atoms with Crippen molar-refractivity contribution in [3.8, 4) is 5.75 Å². The highest BCUT2D eigenvalue weighted by Crippen LogP contribution is 2.29. The fourth-order valence-electron chi connectivity index (χ4n) is 2.73. The van der Waals surface area contributed by atoms with Crippen LogP contribution in [0.1, 0.15) is 5.56 Å². The molecule has 0 aromatic heterocycles. The van der Waals surface area contributed by atoms with Gasteiger partial charge in [0.2, 0.25) is 0 Å². The average Bonchev–Trinajstić information content (AvgIpc) is 2.73. The molecule has 0 heterocycles. The predicted octanol–water partition coefficient (Wildman–Crippen LogP) is 3.18. The van der Waals surface area contributed by atoms with E-state index in [4.69, 9.17) is 4.18 Å². The van der Waals surface area contributed by atoms with Crippen LogP contribution >= 0.6 is 0 Å². The molecule has 0 bridgehead atoms. The molecule has 0 saturated heterocycles. The first-order valence-corrected chi connectivity index (χ1v) is 11.2. The molecular weight excluding hydrogens is 446 g/mol. The van der Waals surface area contributed by atoms with Crippen molar-refractivity contribution >= 4 is 38.4 Å². The Morgan fingerprint density at radius 1 is 0.935 bits per heavy atom. The van der Waals surface area contributed by atoms with Gasteiger partial charge < -0.3 is 18.8 Å². The first-order chi connectivity index (χ1) is 14.8. The van der Waals surface area contributed by atoms with Gasteiger partial charge in [-0.2, -0.15) is 8.42 Å². The SMILES string of the molecule is O=[N+]([O-])c1cccc(S(=O)(=O)Oc2ccccc2)c1CNc1ccc(NS(=O)[O-])cc1. The molecule has 162 valence electrons. The fourth-order valence-corrected chi connectivity index (χ4v) is 4.23. The van der Waals surface area contributed by atoms with Gasteiger partial charge in [-0.15, -0.1) is 0 Å². The maximum atomic E-state index is 12.8. The summed E-state index contributed by atoms with van der Waals surface area (Å²) in [6.45, 7) is -0.190. The molecule has 31 heavy (non-hydrogen) atoms. The summed E-state index contributed by atoms with van der Waals surface area (Å²) in [7, 11) is -4.35. The zero-order chi connectivity index (χ0) is 22.4. The topological polar surface area (TPSA) is 151 Å². The molecule has 1 unspecified atom stereocenters. The Balaban J connectivity index is 1.90. The molecule has 3 aromatic rings. The summed E-state index contributed by atoms with van der Waals surface area (Å²) in [4.78, 5) is 10.5. The molecule has 3 aromatic carbocycles. The number of benzene rings is 3. The second kappa shape index (κ2) is 9.55. The second-order valence-corrected chi connectivity index (χ2v) is 8.32. The number of hydrogen-bond donors (Lipinski definition) is 2. The van der Waals surface area contributed by atoms with E-state index in [1.807, 2.05) is 0 Å². The van der Waals surface area contributed by atoms with E-state index in [1.165, 1.54) is 42.5 Å². The minimum Gasteiger partial charge on any atom is -0.755 e. The van der Waals surface area contributed by atoms with E-state index in [9.17, 15) is 27.3 Å². The van der Waals surface area contributed by atoms with Gasteiger partial charge in [-0.25, -0.2) is 0 Å². The van der Waals surface area contributed by atoms with Gasteiger partial charge in [0.25, 0.3) is 5.69 Å². The van der Waals surface area contributed by atoms with E-state index in [-0.39, 0.29) is 28.4 Å². The number of nitrogens with one attached hydrogen (secondary N) is 2. The molecule has 0 radical (unpaired) electrons. The molecule has 10 nitrogen and oxygen atoms in total. The van der Waals surface area contributed by atoms with E-state index in [0.29, 0.717) is 11.4 Å². The smallest absolute Gasteiger partial charge is 0.339 e. The fraction of sp³-hybridized carbons (Fsp3) is 0.0526. The summed E-state index contributed by atoms with van der Waals surface area (Å²) >= 11 is -2.47. The Hall–Kier alpha value is -3.48. The average molecular weight is 462 g/mol. The lowest BCUT2D eigenvalue weighted by Gasteiger charge is -2.14. The number of rotatable bonds is 9. The van der Waals surface area contributed by atoms with Crippen LogP contribution in [-0.2, 0) is 27.9 Å². The van der Waals surface area contributed by atoms with Crippen LogP contribution < -0.4 is 14.2 Å². The standard InChI is InChI=1S/C19H17N3O7S2/c23-22(24)18-7-4-8-19(31(27,28)29-16-5-2-1-3-6-16)17(18)13-20-14-9-11-15(12-10-14)21-30(25)26/h1-12,20-21H,13H2,(H,25,26)/p-1. The van der Waals surface area contributed by atoms with E-state index in [0.717, 1.165) is 0 Å². The lowest BCUT2D eigenvalue weighted by Crippen LogP contribution is -2.15. The number of nitrogens with zero attached hydrogens (tertiary/aromatic N) is 1. The largest absolute Gasteiger partial charge is 0.755 e. The molecule has 2 N–H and O–H groups in total. The molecule has 0 fully saturated rings. The summed E-state index contributed by atoms with van der Waals surface area (Å²) in [6, 6.07) is 17.6. The highest BCUT2D eigenvalue weighted by atomic mass is 32.2. The molecule has 3 rings (SSSR count). The zero-order valence-electron chi connectivity index (χ0n) is 15.8. The highest BCUT2D eigenvalue weighted by Gasteiger charge is 2.27. The molecular formula is C19H16N3O7S2-. The molecule has 0 spiro atoms. The van der Waals surface area contributed by atoms with Crippen molar-refractivity contribution in [3.05, 3.63) is 88.5 Å². The first kappa shape index (κ1) is 22.2. The summed E-state index contributed by atoms with van der Waals surface area (Å²) in [5.74, 6) is 0.0757. The van der Waals surface area contributed by atoms with Crippen molar-refractivity contribution < 1.29 is 26.3 Å². The van der Waals surface area contributed by atoms with E-state index in [1.54, 1.807) is 30.3 Å². The number of nitro groups is 1. The van der Waals surface area contributed by atoms with Gasteiger partial charge >= 0.3 is 10.1 Å². The van der Waals surface area contributed by atoms with Crippen molar-refractivity contribution in [3.63, 3.8) is 0 Å². The third-order valence-electron chi connectivity index (χ3n) is 4.08. The van der Waals surface area contributed by atoms with Gasteiger partial charge in [0.05, 0.1) is 10.5 Å². The Labute approximate surface area is 180 Å². The molecule has 12 heteroatoms. The van der Waals surface area contributed by atoms with Gasteiger partial charge in [-0.05, 0) is 42.5 Å². The summed E-state index contributed by atoms with van der Waals surface area (Å²) in [5.41, 5.74) is 0.355. The van der Waals surface area contributed by atoms with Crippen molar-refractivity contribution in [2.75, 3.05) is 10.0 Å². The minimum atomic E-state index is -4.35. The quantitative estimate of drug-likeness (QED) is 0.213. The monoisotopic (exact) mass is 462 g/mol. The van der Waals surface area contributed by atoms with Crippen LogP contribution in [0.2, 0.25) is 0 Å². The first-order valence-electron chi connectivity index (χ1n) is 8.72. The Kier molecular flexibility index (Phi) is 6.84. The second-order valence-electron chi connectivity index (χ2n) is 6.13. The Bertz CT molecular complexity index is 1200. The number of hydrogen-bond acceptors (Lipinski definition) is 8. The predicted molar refractivity (Wildman–Crippen MR) is 114 cm³/mol. The lowest BCUT2D eigenvalue weighted by molar-refractivity contribution is -0.385. The van der Waals surface area contributed by atoms with Crippen LogP contribution in [0.3, 0.4) is 0 Å². The Morgan fingerprint density at radius 2 is 1.58 bits per heavy atom. The molecule has 0 aliphatic rings. The molecule has 0 saturated carbocycles. The van der Waals surface area contributed by atoms with Crippen LogP contribution in [0.5, 0.6) is 5.75 Å². The highest BCUT2D eigenvalue weighted by molar-refractivity contribution is 7.87. The van der Waals surface area contributed by atoms with Crippen LogP contribution in [0.4, 0.5) is 17.1 Å². The van der Waals surface area contributed by atoms with Crippen molar-refractivity contribution in [2.45, 2.75) is 11.4 Å². The van der Waals surface area contributed by atoms with Gasteiger partial charge in [0.1, 0.15) is 10.6 Å². The van der Waals surface area contributed by atoms with Gasteiger partial charge in [-0.3, -0.25) is 14.3 Å². The number of nitro benzene ring substituents is 1.